The van der Waals surface area contributed by atoms with Crippen molar-refractivity contribution in [3.05, 3.63) is 64.8 Å². The summed E-state index contributed by atoms with van der Waals surface area (Å²) in [6, 6.07) is 6.06. The van der Waals surface area contributed by atoms with Crippen molar-refractivity contribution < 1.29 is 26.7 Å². The Balaban J connectivity index is 1.79. The van der Waals surface area contributed by atoms with Gasteiger partial charge in [0.15, 0.2) is 11.6 Å². The molecule has 1 unspecified atom stereocenters. The van der Waals surface area contributed by atoms with Gasteiger partial charge in [0.2, 0.25) is 5.82 Å². The van der Waals surface area contributed by atoms with E-state index in [-0.39, 0.29) is 44.3 Å². The zero-order chi connectivity index (χ0) is 24.6. The number of pyridine rings is 1. The molecule has 0 saturated heterocycles. The number of nitrogens with one attached hydrogen (secondary N) is 1. The number of hydrogen-bond acceptors (Lipinski definition) is 7. The summed E-state index contributed by atoms with van der Waals surface area (Å²) in [6.07, 6.45) is -2.13. The van der Waals surface area contributed by atoms with E-state index < -0.39 is 28.6 Å². The third-order valence-corrected chi connectivity index (χ3v) is 5.83. The second-order valence-electron chi connectivity index (χ2n) is 6.80. The maximum absolute atomic E-state index is 13.3. The highest BCUT2D eigenvalue weighted by molar-refractivity contribution is 7.86. The highest BCUT2D eigenvalue weighted by atomic mass is 35.5. The second kappa shape index (κ2) is 8.87. The molecule has 176 valence electrons. The van der Waals surface area contributed by atoms with Gasteiger partial charge in [-0.1, -0.05) is 22.8 Å². The van der Waals surface area contributed by atoms with Gasteiger partial charge >= 0.3 is 6.18 Å². The third kappa shape index (κ3) is 4.49. The minimum absolute atomic E-state index is 0.0157. The number of anilines is 1. The van der Waals surface area contributed by atoms with Crippen molar-refractivity contribution in [2.45, 2.75) is 18.0 Å². The number of amides is 1. The molecule has 10 nitrogen and oxygen atoms in total. The second-order valence-corrected chi connectivity index (χ2v) is 8.45. The fourth-order valence-corrected chi connectivity index (χ4v) is 4.06. The van der Waals surface area contributed by atoms with Gasteiger partial charge in [-0.3, -0.25) is 9.52 Å². The summed E-state index contributed by atoms with van der Waals surface area (Å²) >= 11 is 6.04. The van der Waals surface area contributed by atoms with Gasteiger partial charge in [0.25, 0.3) is 5.91 Å². The Bertz CT molecular complexity index is 1410. The standard InChI is InChI=1S/C19H13ClF3N7O3S/c1-9-2-3-11(7-12(9)19(21,22)23)34(32)29-13-6-10(20)8-25-15(13)17-26-27-18(16(24)31)30(17)14-4-5-33-28-14/h2-8,29H,1H3,(H2,24,31). The molecule has 1 amide bonds. The Morgan fingerprint density at radius 1 is 1.24 bits per heavy atom. The van der Waals surface area contributed by atoms with Crippen molar-refractivity contribution in [3.63, 3.8) is 0 Å². The number of carbonyl (C=O) groups is 1. The molecule has 0 aliphatic carbocycles. The van der Waals surface area contributed by atoms with Crippen molar-refractivity contribution >= 4 is 34.2 Å². The predicted molar refractivity (Wildman–Crippen MR) is 114 cm³/mol. The van der Waals surface area contributed by atoms with E-state index in [1.165, 1.54) is 43.6 Å². The molecular weight excluding hydrogens is 499 g/mol. The lowest BCUT2D eigenvalue weighted by atomic mass is 10.1. The maximum atomic E-state index is 13.3. The average molecular weight is 512 g/mol. The molecular formula is C19H13ClF3N7O3S. The number of aromatic nitrogens is 5. The van der Waals surface area contributed by atoms with Gasteiger partial charge in [-0.2, -0.15) is 13.2 Å². The first-order chi connectivity index (χ1) is 16.1. The zero-order valence-electron chi connectivity index (χ0n) is 17.0. The molecule has 3 heterocycles. The molecule has 1 atom stereocenters. The number of alkyl halides is 3. The first-order valence-electron chi connectivity index (χ1n) is 9.24. The first kappa shape index (κ1) is 23.4. The molecule has 0 aliphatic heterocycles. The van der Waals surface area contributed by atoms with Crippen molar-refractivity contribution in [1.82, 2.24) is 24.9 Å². The largest absolute Gasteiger partial charge is 0.416 e. The molecule has 3 aromatic heterocycles. The van der Waals surface area contributed by atoms with E-state index in [9.17, 15) is 22.2 Å². The Labute approximate surface area is 196 Å². The fourth-order valence-electron chi connectivity index (χ4n) is 3.01. The summed E-state index contributed by atoms with van der Waals surface area (Å²) in [5.41, 5.74) is 4.50. The number of nitrogens with two attached hydrogens (primary N) is 1. The van der Waals surface area contributed by atoms with Crippen LogP contribution in [0.4, 0.5) is 18.9 Å². The van der Waals surface area contributed by atoms with E-state index in [1.807, 2.05) is 0 Å². The van der Waals surface area contributed by atoms with Crippen LogP contribution in [-0.4, -0.2) is 35.0 Å². The van der Waals surface area contributed by atoms with Crippen LogP contribution in [-0.2, 0) is 17.2 Å². The van der Waals surface area contributed by atoms with Crippen LogP contribution in [0.25, 0.3) is 17.3 Å². The van der Waals surface area contributed by atoms with E-state index >= 15 is 0 Å². The van der Waals surface area contributed by atoms with Crippen LogP contribution in [0, 0.1) is 6.92 Å². The van der Waals surface area contributed by atoms with Crippen LogP contribution in [0.1, 0.15) is 21.7 Å². The minimum atomic E-state index is -4.62. The monoisotopic (exact) mass is 511 g/mol. The molecule has 4 rings (SSSR count). The van der Waals surface area contributed by atoms with Crippen LogP contribution >= 0.6 is 11.6 Å². The molecule has 15 heteroatoms. The summed E-state index contributed by atoms with van der Waals surface area (Å²) in [5.74, 6) is -1.15. The van der Waals surface area contributed by atoms with Gasteiger partial charge in [-0.25, -0.2) is 13.8 Å². The molecule has 0 saturated carbocycles. The molecule has 0 fully saturated rings. The Morgan fingerprint density at radius 2 is 2.00 bits per heavy atom. The molecule has 0 spiro atoms. The summed E-state index contributed by atoms with van der Waals surface area (Å²) in [4.78, 5) is 15.9. The van der Waals surface area contributed by atoms with Crippen molar-refractivity contribution in [2.75, 3.05) is 4.72 Å². The quantitative estimate of drug-likeness (QED) is 0.403. The Hall–Kier alpha value is -3.78. The number of halogens is 4. The SMILES string of the molecule is Cc1ccc(S(=O)Nc2cc(Cl)cnc2-c2nnc(C(N)=O)n2-c2ccon2)cc1C(F)(F)F. The lowest BCUT2D eigenvalue weighted by Crippen LogP contribution is -2.18. The number of nitrogens with zero attached hydrogens (tertiary/aromatic N) is 5. The topological polar surface area (TPSA) is 142 Å². The summed E-state index contributed by atoms with van der Waals surface area (Å²) in [7, 11) is -2.16. The summed E-state index contributed by atoms with van der Waals surface area (Å²) in [6.45, 7) is 1.30. The van der Waals surface area contributed by atoms with Gasteiger partial charge < -0.3 is 10.3 Å². The molecule has 34 heavy (non-hydrogen) atoms. The Morgan fingerprint density at radius 3 is 2.65 bits per heavy atom. The zero-order valence-corrected chi connectivity index (χ0v) is 18.6. The van der Waals surface area contributed by atoms with Crippen LogP contribution in [0.2, 0.25) is 5.02 Å². The van der Waals surface area contributed by atoms with Crippen molar-refractivity contribution in [2.24, 2.45) is 5.73 Å². The predicted octanol–water partition coefficient (Wildman–Crippen LogP) is 3.53. The van der Waals surface area contributed by atoms with E-state index in [0.29, 0.717) is 0 Å². The fraction of sp³-hybridized carbons (Fsp3) is 0.105. The molecule has 0 aliphatic rings. The van der Waals surface area contributed by atoms with Crippen molar-refractivity contribution in [1.29, 1.82) is 0 Å². The van der Waals surface area contributed by atoms with Gasteiger partial charge in [0.1, 0.15) is 22.9 Å². The van der Waals surface area contributed by atoms with Crippen molar-refractivity contribution in [3.8, 4) is 17.3 Å². The minimum Gasteiger partial charge on any atom is -0.363 e. The summed E-state index contributed by atoms with van der Waals surface area (Å²) < 4.78 is 61.4. The first-order valence-corrected chi connectivity index (χ1v) is 10.8. The number of aryl methyl sites for hydroxylation is 1. The van der Waals surface area contributed by atoms with Gasteiger partial charge in [0, 0.05) is 12.3 Å². The van der Waals surface area contributed by atoms with Gasteiger partial charge in [-0.15, -0.1) is 10.2 Å². The van der Waals surface area contributed by atoms with E-state index in [4.69, 9.17) is 21.9 Å². The third-order valence-electron chi connectivity index (χ3n) is 4.53. The normalized spacial score (nSPS) is 12.5. The highest BCUT2D eigenvalue weighted by Gasteiger charge is 2.33. The lowest BCUT2D eigenvalue weighted by Gasteiger charge is -2.14. The number of carbonyl (C=O) groups excluding carboxylic acids is 1. The van der Waals surface area contributed by atoms with E-state index in [2.05, 4.69) is 25.1 Å². The molecule has 1 aromatic carbocycles. The van der Waals surface area contributed by atoms with Gasteiger partial charge in [-0.05, 0) is 30.7 Å². The lowest BCUT2D eigenvalue weighted by molar-refractivity contribution is -0.138. The van der Waals surface area contributed by atoms with Gasteiger partial charge in [0.05, 0.1) is 21.2 Å². The molecule has 3 N–H and O–H groups in total. The number of primary amides is 1. The average Bonchev–Trinajstić information content (AvgIpc) is 3.43. The van der Waals surface area contributed by atoms with Crippen LogP contribution in [0.15, 0.2) is 52.2 Å². The highest BCUT2D eigenvalue weighted by Crippen LogP contribution is 2.34. The molecule has 0 radical (unpaired) electrons. The van der Waals surface area contributed by atoms with E-state index in [1.54, 1.807) is 0 Å². The van der Waals surface area contributed by atoms with Crippen LogP contribution < -0.4 is 10.5 Å². The van der Waals surface area contributed by atoms with E-state index in [0.717, 1.165) is 10.6 Å². The maximum Gasteiger partial charge on any atom is 0.416 e. The Kier molecular flexibility index (Phi) is 6.10. The number of benzene rings is 1. The van der Waals surface area contributed by atoms with Crippen LogP contribution in [0.5, 0.6) is 0 Å². The van der Waals surface area contributed by atoms with Crippen LogP contribution in [0.3, 0.4) is 0 Å². The number of rotatable bonds is 6. The molecule has 0 bridgehead atoms. The summed E-state index contributed by atoms with van der Waals surface area (Å²) in [5, 5.41) is 11.6. The smallest absolute Gasteiger partial charge is 0.363 e. The number of hydrogen-bond donors (Lipinski definition) is 2. The molecule has 4 aromatic rings.